The summed E-state index contributed by atoms with van der Waals surface area (Å²) < 4.78 is 0. The average Bonchev–Trinajstić information content (AvgIpc) is 3.68. The molecule has 7 heteroatoms. The molecule has 0 unspecified atom stereocenters. The molecule has 186 valence electrons. The Morgan fingerprint density at radius 2 is 2.11 bits per heavy atom. The number of imidazole rings is 1. The minimum absolute atomic E-state index is 0.674. The van der Waals surface area contributed by atoms with Crippen molar-refractivity contribution in [1.29, 1.82) is 0 Å². The van der Waals surface area contributed by atoms with E-state index in [9.17, 15) is 0 Å². The summed E-state index contributed by atoms with van der Waals surface area (Å²) in [6.07, 6.45) is 11.0. The van der Waals surface area contributed by atoms with Gasteiger partial charge in [-0.15, -0.1) is 0 Å². The number of unbranched alkanes of at least 4 members (excludes halogenated alkanes) is 1. The van der Waals surface area contributed by atoms with Crippen LogP contribution >= 0.6 is 11.3 Å². The molecule has 0 saturated heterocycles. The Morgan fingerprint density at radius 1 is 1.22 bits per heavy atom. The highest BCUT2D eigenvalue weighted by Crippen LogP contribution is 2.32. The number of aromatic amines is 2. The largest absolute Gasteiger partial charge is 0.359 e. The zero-order valence-corrected chi connectivity index (χ0v) is 22.0. The molecular weight excluding hydrogens is 476 g/mol. The Bertz CT molecular complexity index is 1630. The number of fused-ring (bicyclic) bond motifs is 2. The molecular formula is C30H30N6S. The van der Waals surface area contributed by atoms with Crippen LogP contribution in [0.15, 0.2) is 90.1 Å². The van der Waals surface area contributed by atoms with E-state index in [-0.39, 0.29) is 0 Å². The lowest BCUT2D eigenvalue weighted by atomic mass is 10.0. The van der Waals surface area contributed by atoms with Gasteiger partial charge < -0.3 is 10.3 Å². The van der Waals surface area contributed by atoms with Crippen LogP contribution in [0.1, 0.15) is 38.7 Å². The number of nitrogens with one attached hydrogen (secondary N) is 3. The standard InChI is InChI=1S/C30H30N6S/c1-5-8-9-19(4)32-23(7-3)16-20(6-2)21-10-11-26-25(17-21)28(36-35-26)30-33-27-24(22-13-15-37-18-22)12-14-31-29(27)34-30/h6-7,10-18,32H,3-5,8-9H2,1-2H3,(H,35,36)(H,31,33,34)/b20-6+,23-16+. The Labute approximate surface area is 220 Å². The monoisotopic (exact) mass is 506 g/mol. The van der Waals surface area contributed by atoms with Crippen molar-refractivity contribution in [3.8, 4) is 22.6 Å². The van der Waals surface area contributed by atoms with Gasteiger partial charge in [0.15, 0.2) is 11.5 Å². The number of hydrogen-bond donors (Lipinski definition) is 3. The van der Waals surface area contributed by atoms with Crippen LogP contribution in [0.5, 0.6) is 0 Å². The van der Waals surface area contributed by atoms with E-state index in [0.29, 0.717) is 11.5 Å². The third-order valence-corrected chi connectivity index (χ3v) is 7.02. The summed E-state index contributed by atoms with van der Waals surface area (Å²) in [5, 5.41) is 16.3. The van der Waals surface area contributed by atoms with Gasteiger partial charge in [-0.2, -0.15) is 16.4 Å². The van der Waals surface area contributed by atoms with E-state index in [0.717, 1.165) is 75.0 Å². The van der Waals surface area contributed by atoms with Crippen LogP contribution in [0.4, 0.5) is 0 Å². The molecule has 0 aliphatic carbocycles. The summed E-state index contributed by atoms with van der Waals surface area (Å²) >= 11 is 1.67. The molecule has 4 heterocycles. The van der Waals surface area contributed by atoms with Gasteiger partial charge >= 0.3 is 0 Å². The van der Waals surface area contributed by atoms with Gasteiger partial charge in [-0.3, -0.25) is 5.10 Å². The van der Waals surface area contributed by atoms with E-state index in [2.05, 4.69) is 92.7 Å². The molecule has 0 atom stereocenters. The van der Waals surface area contributed by atoms with Crippen LogP contribution in [-0.4, -0.2) is 25.1 Å². The van der Waals surface area contributed by atoms with Crippen molar-refractivity contribution < 1.29 is 0 Å². The number of allylic oxidation sites excluding steroid dienone is 5. The van der Waals surface area contributed by atoms with Gasteiger partial charge in [0, 0.05) is 28.5 Å². The number of nitrogens with zero attached hydrogens (tertiary/aromatic N) is 3. The zero-order chi connectivity index (χ0) is 25.8. The summed E-state index contributed by atoms with van der Waals surface area (Å²) in [5.74, 6) is 0.687. The summed E-state index contributed by atoms with van der Waals surface area (Å²) in [6, 6.07) is 10.4. The number of pyridine rings is 1. The SMILES string of the molecule is C=C/C(=C\C(=C/C)c1ccc2[nH]nc(-c3nc4nccc(-c5ccsc5)c4[nH]3)c2c1)NC(=C)CCCC. The Hall–Kier alpha value is -4.23. The second kappa shape index (κ2) is 10.8. The molecule has 3 N–H and O–H groups in total. The summed E-state index contributed by atoms with van der Waals surface area (Å²) in [5.41, 5.74) is 9.59. The first-order valence-corrected chi connectivity index (χ1v) is 13.4. The maximum absolute atomic E-state index is 4.78. The molecule has 5 rings (SSSR count). The second-order valence-electron chi connectivity index (χ2n) is 8.87. The molecule has 0 radical (unpaired) electrons. The Balaban J connectivity index is 1.51. The predicted molar refractivity (Wildman–Crippen MR) is 156 cm³/mol. The van der Waals surface area contributed by atoms with Gasteiger partial charge in [-0.25, -0.2) is 9.97 Å². The first-order valence-electron chi connectivity index (χ1n) is 12.4. The third kappa shape index (κ3) is 5.04. The molecule has 6 nitrogen and oxygen atoms in total. The lowest BCUT2D eigenvalue weighted by Crippen LogP contribution is -2.10. The number of rotatable bonds is 10. The number of benzene rings is 1. The first kappa shape index (κ1) is 24.5. The molecule has 1 aromatic carbocycles. The van der Waals surface area contributed by atoms with Crippen molar-refractivity contribution in [2.45, 2.75) is 33.1 Å². The fraction of sp³-hybridized carbons (Fsp3) is 0.167. The van der Waals surface area contributed by atoms with Gasteiger partial charge in [0.05, 0.1) is 11.0 Å². The van der Waals surface area contributed by atoms with Crippen LogP contribution in [0.3, 0.4) is 0 Å². The van der Waals surface area contributed by atoms with E-state index in [1.165, 1.54) is 0 Å². The highest BCUT2D eigenvalue weighted by Gasteiger charge is 2.16. The summed E-state index contributed by atoms with van der Waals surface area (Å²) in [6.45, 7) is 12.4. The van der Waals surface area contributed by atoms with E-state index in [1.54, 1.807) is 17.5 Å². The molecule has 5 aromatic rings. The maximum atomic E-state index is 4.78. The fourth-order valence-corrected chi connectivity index (χ4v) is 5.02. The quantitative estimate of drug-likeness (QED) is 0.168. The van der Waals surface area contributed by atoms with E-state index in [4.69, 9.17) is 4.98 Å². The topological polar surface area (TPSA) is 82.3 Å². The van der Waals surface area contributed by atoms with E-state index in [1.807, 2.05) is 19.1 Å². The molecule has 4 aromatic heterocycles. The molecule has 0 fully saturated rings. The van der Waals surface area contributed by atoms with Crippen molar-refractivity contribution in [3.05, 3.63) is 95.6 Å². The number of thiophene rings is 1. The average molecular weight is 507 g/mol. The molecule has 0 saturated carbocycles. The molecule has 37 heavy (non-hydrogen) atoms. The predicted octanol–water partition coefficient (Wildman–Crippen LogP) is 8.00. The van der Waals surface area contributed by atoms with Crippen LogP contribution in [-0.2, 0) is 0 Å². The lowest BCUT2D eigenvalue weighted by Gasteiger charge is -2.11. The number of H-pyrrole nitrogens is 2. The molecule has 0 bridgehead atoms. The van der Waals surface area contributed by atoms with Gasteiger partial charge in [0.25, 0.3) is 0 Å². The Morgan fingerprint density at radius 3 is 2.86 bits per heavy atom. The summed E-state index contributed by atoms with van der Waals surface area (Å²) in [4.78, 5) is 12.8. The number of aromatic nitrogens is 5. The van der Waals surface area contributed by atoms with Gasteiger partial charge in [0.2, 0.25) is 0 Å². The van der Waals surface area contributed by atoms with Gasteiger partial charge in [-0.1, -0.05) is 38.6 Å². The highest BCUT2D eigenvalue weighted by atomic mass is 32.1. The van der Waals surface area contributed by atoms with Crippen LogP contribution in [0.25, 0.3) is 50.3 Å². The second-order valence-corrected chi connectivity index (χ2v) is 9.65. The Kier molecular flexibility index (Phi) is 7.14. The van der Waals surface area contributed by atoms with Crippen molar-refractivity contribution in [2.24, 2.45) is 0 Å². The summed E-state index contributed by atoms with van der Waals surface area (Å²) in [7, 11) is 0. The van der Waals surface area contributed by atoms with Crippen molar-refractivity contribution in [3.63, 3.8) is 0 Å². The van der Waals surface area contributed by atoms with Crippen LogP contribution in [0, 0.1) is 0 Å². The van der Waals surface area contributed by atoms with Gasteiger partial charge in [0.1, 0.15) is 5.69 Å². The van der Waals surface area contributed by atoms with Gasteiger partial charge in [-0.05, 0) is 83.6 Å². The lowest BCUT2D eigenvalue weighted by molar-refractivity contribution is 0.751. The normalized spacial score (nSPS) is 12.4. The minimum atomic E-state index is 0.674. The molecule has 0 aliphatic heterocycles. The third-order valence-electron chi connectivity index (χ3n) is 6.34. The zero-order valence-electron chi connectivity index (χ0n) is 21.1. The van der Waals surface area contributed by atoms with Crippen molar-refractivity contribution >= 4 is 39.0 Å². The molecule has 0 aliphatic rings. The van der Waals surface area contributed by atoms with E-state index >= 15 is 0 Å². The van der Waals surface area contributed by atoms with E-state index < -0.39 is 0 Å². The smallest absolute Gasteiger partial charge is 0.178 e. The van der Waals surface area contributed by atoms with Crippen molar-refractivity contribution in [1.82, 2.24) is 30.5 Å². The number of hydrogen-bond acceptors (Lipinski definition) is 5. The van der Waals surface area contributed by atoms with Crippen LogP contribution in [0.2, 0.25) is 0 Å². The first-order chi connectivity index (χ1) is 18.1. The minimum Gasteiger partial charge on any atom is -0.359 e. The van der Waals surface area contributed by atoms with Crippen molar-refractivity contribution in [2.75, 3.05) is 0 Å². The molecule has 0 spiro atoms. The van der Waals surface area contributed by atoms with Crippen LogP contribution < -0.4 is 5.32 Å². The maximum Gasteiger partial charge on any atom is 0.178 e. The molecule has 0 amide bonds. The fourth-order valence-electron chi connectivity index (χ4n) is 4.36. The highest BCUT2D eigenvalue weighted by molar-refractivity contribution is 7.08.